The van der Waals surface area contributed by atoms with Gasteiger partial charge in [0.05, 0.1) is 6.61 Å². The van der Waals surface area contributed by atoms with Gasteiger partial charge in [-0.1, -0.05) is 19.4 Å². The number of amides is 4. The molecule has 0 saturated carbocycles. The number of nitrogens with zero attached hydrogens (tertiary/aromatic N) is 1. The van der Waals surface area contributed by atoms with Gasteiger partial charge in [0.25, 0.3) is 0 Å². The second-order valence-corrected chi connectivity index (χ2v) is 3.56. The van der Waals surface area contributed by atoms with Crippen LogP contribution in [0.2, 0.25) is 0 Å². The summed E-state index contributed by atoms with van der Waals surface area (Å²) < 4.78 is 5.06. The van der Waals surface area contributed by atoms with Gasteiger partial charge in [-0.2, -0.15) is 0 Å². The third-order valence-electron chi connectivity index (χ3n) is 1.92. The Kier molecular flexibility index (Phi) is 9.87. The van der Waals surface area contributed by atoms with Crippen LogP contribution in [0.1, 0.15) is 26.7 Å². The Bertz CT molecular complexity index is 329. The highest BCUT2D eigenvalue weighted by Crippen LogP contribution is 1.86. The quantitative estimate of drug-likeness (QED) is 0.294. The summed E-state index contributed by atoms with van der Waals surface area (Å²) in [5, 5.41) is 7.42. The predicted octanol–water partition coefficient (Wildman–Crippen LogP) is 1.37. The van der Waals surface area contributed by atoms with Crippen LogP contribution in [0.4, 0.5) is 9.59 Å². The van der Waals surface area contributed by atoms with E-state index in [4.69, 9.17) is 4.74 Å². The minimum Gasteiger partial charge on any atom is -0.465 e. The summed E-state index contributed by atoms with van der Waals surface area (Å²) in [5.74, 6) is 0. The Balaban J connectivity index is 4.31. The highest BCUT2D eigenvalue weighted by Gasteiger charge is 2.08. The highest BCUT2D eigenvalue weighted by atomic mass is 16.5. The zero-order chi connectivity index (χ0) is 14.5. The summed E-state index contributed by atoms with van der Waals surface area (Å²) in [6.07, 6.45) is 3.39. The number of carbonyl (C=O) groups excluding carboxylic acids is 2. The van der Waals surface area contributed by atoms with Gasteiger partial charge in [0.2, 0.25) is 0 Å². The highest BCUT2D eigenvalue weighted by molar-refractivity contribution is 5.98. The number of unbranched alkanes of at least 4 members (excludes halogenated alkanes) is 1. The summed E-state index contributed by atoms with van der Waals surface area (Å²) in [4.78, 5) is 26.4. The summed E-state index contributed by atoms with van der Waals surface area (Å²) in [6.45, 7) is 8.37. The molecule has 0 aliphatic heterocycles. The molecule has 7 heteroatoms. The zero-order valence-electron chi connectivity index (χ0n) is 11.5. The first-order valence-electron chi connectivity index (χ1n) is 6.29. The lowest BCUT2D eigenvalue weighted by atomic mass is 10.3. The molecule has 0 saturated heterocycles. The lowest BCUT2D eigenvalue weighted by Crippen LogP contribution is -2.41. The second-order valence-electron chi connectivity index (χ2n) is 3.56. The molecule has 0 atom stereocenters. The molecule has 108 valence electrons. The normalized spacial score (nSPS) is 10.5. The number of aliphatic imine (C=N–C) groups is 1. The zero-order valence-corrected chi connectivity index (χ0v) is 11.5. The number of urea groups is 2. The SMILES string of the molecule is C=CCNC(=O)NC(=NC(=O)NCCCC)OCC. The van der Waals surface area contributed by atoms with Gasteiger partial charge in [-0.05, 0) is 13.3 Å². The Labute approximate surface area is 113 Å². The maximum Gasteiger partial charge on any atom is 0.345 e. The molecule has 0 aliphatic rings. The van der Waals surface area contributed by atoms with Crippen LogP contribution in [0.5, 0.6) is 0 Å². The number of hydrogen-bond donors (Lipinski definition) is 3. The molecule has 0 aromatic carbocycles. The van der Waals surface area contributed by atoms with Crippen molar-refractivity contribution in [2.75, 3.05) is 19.7 Å². The van der Waals surface area contributed by atoms with Crippen molar-refractivity contribution in [3.63, 3.8) is 0 Å². The summed E-state index contributed by atoms with van der Waals surface area (Å²) in [6, 6.07) is -1.17. The molecule has 0 fully saturated rings. The van der Waals surface area contributed by atoms with E-state index in [-0.39, 0.29) is 6.02 Å². The first-order chi connectivity index (χ1) is 9.13. The fraction of sp³-hybridized carbons (Fsp3) is 0.583. The van der Waals surface area contributed by atoms with E-state index < -0.39 is 12.1 Å². The number of rotatable bonds is 6. The molecule has 0 radical (unpaired) electrons. The van der Waals surface area contributed by atoms with Crippen molar-refractivity contribution >= 4 is 18.1 Å². The Morgan fingerprint density at radius 1 is 1.32 bits per heavy atom. The lowest BCUT2D eigenvalue weighted by Gasteiger charge is -2.09. The van der Waals surface area contributed by atoms with Crippen LogP contribution in [0.15, 0.2) is 17.6 Å². The monoisotopic (exact) mass is 270 g/mol. The van der Waals surface area contributed by atoms with Gasteiger partial charge in [0.15, 0.2) is 0 Å². The van der Waals surface area contributed by atoms with Crippen LogP contribution in [0, 0.1) is 0 Å². The lowest BCUT2D eigenvalue weighted by molar-refractivity contribution is 0.239. The van der Waals surface area contributed by atoms with E-state index in [1.807, 2.05) is 6.92 Å². The summed E-state index contributed by atoms with van der Waals surface area (Å²) in [7, 11) is 0. The Hall–Kier alpha value is -2.05. The number of carbonyl (C=O) groups is 2. The molecule has 0 bridgehead atoms. The molecule has 4 amide bonds. The van der Waals surface area contributed by atoms with E-state index in [9.17, 15) is 9.59 Å². The summed E-state index contributed by atoms with van der Waals surface area (Å²) in [5.41, 5.74) is 0. The molecule has 3 N–H and O–H groups in total. The maximum absolute atomic E-state index is 11.4. The molecule has 0 unspecified atom stereocenters. The smallest absolute Gasteiger partial charge is 0.345 e. The van der Waals surface area contributed by atoms with Crippen molar-refractivity contribution in [1.82, 2.24) is 16.0 Å². The van der Waals surface area contributed by atoms with Crippen LogP contribution >= 0.6 is 0 Å². The standard InChI is InChI=1S/C12H22N4O3/c1-4-7-9-14-11(18)16-12(19-6-3)15-10(17)13-8-5-2/h5H,2,4,6-9H2,1,3H3,(H3,13,14,15,16,17,18). The number of amidine groups is 1. The van der Waals surface area contributed by atoms with Crippen LogP contribution in [-0.2, 0) is 4.74 Å². The fourth-order valence-electron chi connectivity index (χ4n) is 1.04. The van der Waals surface area contributed by atoms with Crippen molar-refractivity contribution in [2.24, 2.45) is 4.99 Å². The van der Waals surface area contributed by atoms with Crippen LogP contribution < -0.4 is 16.0 Å². The number of hydrogen-bond acceptors (Lipinski definition) is 3. The molecular weight excluding hydrogens is 248 g/mol. The molecule has 0 aromatic rings. The van der Waals surface area contributed by atoms with Crippen molar-refractivity contribution in [2.45, 2.75) is 26.7 Å². The molecule has 7 nitrogen and oxygen atoms in total. The van der Waals surface area contributed by atoms with Crippen molar-refractivity contribution < 1.29 is 14.3 Å². The second kappa shape index (κ2) is 11.1. The van der Waals surface area contributed by atoms with Crippen molar-refractivity contribution in [3.05, 3.63) is 12.7 Å². The molecular formula is C12H22N4O3. The van der Waals surface area contributed by atoms with E-state index in [2.05, 4.69) is 27.5 Å². The van der Waals surface area contributed by atoms with Gasteiger partial charge < -0.3 is 15.4 Å². The van der Waals surface area contributed by atoms with Gasteiger partial charge >= 0.3 is 18.1 Å². The van der Waals surface area contributed by atoms with Crippen molar-refractivity contribution in [1.29, 1.82) is 0 Å². The number of ether oxygens (including phenoxy) is 1. The van der Waals surface area contributed by atoms with Crippen molar-refractivity contribution in [3.8, 4) is 0 Å². The minimum atomic E-state index is -0.541. The largest absolute Gasteiger partial charge is 0.465 e. The van der Waals surface area contributed by atoms with E-state index in [1.165, 1.54) is 6.08 Å². The average Bonchev–Trinajstić information content (AvgIpc) is 2.37. The minimum absolute atomic E-state index is 0.127. The summed E-state index contributed by atoms with van der Waals surface area (Å²) >= 11 is 0. The third kappa shape index (κ3) is 9.63. The molecule has 0 aliphatic carbocycles. The fourth-order valence-corrected chi connectivity index (χ4v) is 1.04. The first-order valence-corrected chi connectivity index (χ1v) is 6.29. The van der Waals surface area contributed by atoms with E-state index in [0.717, 1.165) is 12.8 Å². The van der Waals surface area contributed by atoms with E-state index in [1.54, 1.807) is 6.92 Å². The van der Waals surface area contributed by atoms with Gasteiger partial charge in [-0.3, -0.25) is 5.32 Å². The molecule has 0 aromatic heterocycles. The van der Waals surface area contributed by atoms with E-state index in [0.29, 0.717) is 19.7 Å². The maximum atomic E-state index is 11.4. The first kappa shape index (κ1) is 16.9. The number of nitrogens with one attached hydrogen (secondary N) is 3. The molecule has 0 spiro atoms. The van der Waals surface area contributed by atoms with Gasteiger partial charge in [-0.25, -0.2) is 9.59 Å². The molecule has 19 heavy (non-hydrogen) atoms. The average molecular weight is 270 g/mol. The predicted molar refractivity (Wildman–Crippen MR) is 74.1 cm³/mol. The van der Waals surface area contributed by atoms with Gasteiger partial charge in [-0.15, -0.1) is 11.6 Å². The molecule has 0 heterocycles. The third-order valence-corrected chi connectivity index (χ3v) is 1.92. The van der Waals surface area contributed by atoms with Gasteiger partial charge in [0.1, 0.15) is 0 Å². The van der Waals surface area contributed by atoms with E-state index >= 15 is 0 Å². The van der Waals surface area contributed by atoms with Crippen LogP contribution in [0.3, 0.4) is 0 Å². The van der Waals surface area contributed by atoms with Crippen LogP contribution in [-0.4, -0.2) is 37.8 Å². The van der Waals surface area contributed by atoms with Crippen LogP contribution in [0.25, 0.3) is 0 Å². The Morgan fingerprint density at radius 2 is 2.05 bits per heavy atom. The molecule has 0 rings (SSSR count). The Morgan fingerprint density at radius 3 is 2.63 bits per heavy atom. The van der Waals surface area contributed by atoms with Gasteiger partial charge in [0, 0.05) is 13.1 Å². The topological polar surface area (TPSA) is 91.8 Å².